The number of unbranched alkanes of at least 4 members (excludes halogenated alkanes) is 1. The van der Waals surface area contributed by atoms with Gasteiger partial charge in [0.1, 0.15) is 17.7 Å². The van der Waals surface area contributed by atoms with Crippen LogP contribution in [0.5, 0.6) is 0 Å². The molecule has 0 saturated heterocycles. The van der Waals surface area contributed by atoms with Crippen molar-refractivity contribution in [1.29, 1.82) is 0 Å². The number of hydrogen-bond donors (Lipinski definition) is 3. The van der Waals surface area contributed by atoms with Gasteiger partial charge in [0, 0.05) is 12.6 Å². The first-order valence-corrected chi connectivity index (χ1v) is 12.1. The molecule has 0 radical (unpaired) electrons. The molecule has 0 heterocycles. The van der Waals surface area contributed by atoms with Crippen molar-refractivity contribution < 1.29 is 23.9 Å². The molecular weight excluding hydrogens is 448 g/mol. The fourth-order valence-electron chi connectivity index (χ4n) is 3.61. The molecule has 2 atom stereocenters. The number of nitrogens with one attached hydrogen (secondary N) is 2. The molecule has 0 fully saturated rings. The summed E-state index contributed by atoms with van der Waals surface area (Å²) in [7, 11) is 0. The molecule has 0 aliphatic rings. The number of primary amides is 1. The predicted octanol–water partition coefficient (Wildman–Crippen LogP) is 3.27. The van der Waals surface area contributed by atoms with Crippen LogP contribution in [-0.2, 0) is 19.1 Å². The van der Waals surface area contributed by atoms with E-state index >= 15 is 0 Å². The van der Waals surface area contributed by atoms with E-state index in [4.69, 9.17) is 10.5 Å². The molecule has 35 heavy (non-hydrogen) atoms. The smallest absolute Gasteiger partial charge is 0.408 e. The van der Waals surface area contributed by atoms with Crippen molar-refractivity contribution in [1.82, 2.24) is 15.5 Å². The van der Waals surface area contributed by atoms with Gasteiger partial charge < -0.3 is 26.0 Å². The summed E-state index contributed by atoms with van der Waals surface area (Å²) in [5, 5.41) is 5.40. The van der Waals surface area contributed by atoms with Gasteiger partial charge in [0.2, 0.25) is 17.7 Å². The summed E-state index contributed by atoms with van der Waals surface area (Å²) in [6.45, 7) is 14.8. The molecule has 0 aliphatic carbocycles. The standard InChI is InChI=1S/C26H42N4O5/c1-9-10-13-30(24(33)20(15-21(27)31)29-25(34)35-26(6,7)8)22(23(32)28-16(2)3)19-14-17(4)11-12-18(19)5/h11-12,14,16,20,22H,9-10,13,15H2,1-8H3,(H2,27,31)(H,28,32)(H,29,34). The van der Waals surface area contributed by atoms with E-state index in [-0.39, 0.29) is 18.5 Å². The van der Waals surface area contributed by atoms with Crippen molar-refractivity contribution in [2.45, 2.75) is 98.4 Å². The molecule has 9 heteroatoms. The Morgan fingerprint density at radius 1 is 1.09 bits per heavy atom. The minimum absolute atomic E-state index is 0.153. The molecule has 2 unspecified atom stereocenters. The highest BCUT2D eigenvalue weighted by molar-refractivity contribution is 5.94. The summed E-state index contributed by atoms with van der Waals surface area (Å²) < 4.78 is 5.29. The average molecular weight is 491 g/mol. The lowest BCUT2D eigenvalue weighted by Crippen LogP contribution is -2.54. The molecule has 1 aromatic rings. The molecule has 196 valence electrons. The monoisotopic (exact) mass is 490 g/mol. The number of amides is 4. The Morgan fingerprint density at radius 3 is 2.23 bits per heavy atom. The van der Waals surface area contributed by atoms with Crippen LogP contribution in [0.15, 0.2) is 18.2 Å². The molecule has 4 amide bonds. The lowest BCUT2D eigenvalue weighted by molar-refractivity contribution is -0.143. The van der Waals surface area contributed by atoms with Gasteiger partial charge in [-0.3, -0.25) is 14.4 Å². The van der Waals surface area contributed by atoms with E-state index in [9.17, 15) is 19.2 Å². The van der Waals surface area contributed by atoms with Crippen LogP contribution in [0.4, 0.5) is 4.79 Å². The lowest BCUT2D eigenvalue weighted by Gasteiger charge is -2.35. The first-order chi connectivity index (χ1) is 16.2. The van der Waals surface area contributed by atoms with Crippen LogP contribution in [0, 0.1) is 13.8 Å². The molecule has 0 bridgehead atoms. The van der Waals surface area contributed by atoms with Crippen LogP contribution in [0.1, 0.15) is 83.5 Å². The largest absolute Gasteiger partial charge is 0.444 e. The summed E-state index contributed by atoms with van der Waals surface area (Å²) in [5.74, 6) is -1.68. The van der Waals surface area contributed by atoms with Crippen LogP contribution in [-0.4, -0.2) is 52.9 Å². The Hall–Kier alpha value is -3.10. The zero-order chi connectivity index (χ0) is 26.9. The highest BCUT2D eigenvalue weighted by atomic mass is 16.6. The Bertz CT molecular complexity index is 907. The number of benzene rings is 1. The fraction of sp³-hybridized carbons (Fsp3) is 0.615. The quantitative estimate of drug-likeness (QED) is 0.438. The number of rotatable bonds is 11. The number of nitrogens with two attached hydrogens (primary N) is 1. The number of carbonyl (C=O) groups is 4. The Balaban J connectivity index is 3.55. The summed E-state index contributed by atoms with van der Waals surface area (Å²) in [5.41, 5.74) is 7.08. The van der Waals surface area contributed by atoms with Crippen molar-refractivity contribution in [3.63, 3.8) is 0 Å². The number of alkyl carbamates (subject to hydrolysis) is 1. The number of hydrogen-bond acceptors (Lipinski definition) is 5. The van der Waals surface area contributed by atoms with E-state index in [0.29, 0.717) is 12.0 Å². The average Bonchev–Trinajstić information content (AvgIpc) is 2.69. The molecular formula is C26H42N4O5. The van der Waals surface area contributed by atoms with Crippen molar-refractivity contribution in [3.8, 4) is 0 Å². The van der Waals surface area contributed by atoms with Gasteiger partial charge in [-0.2, -0.15) is 0 Å². The second-order valence-corrected chi connectivity index (χ2v) is 10.2. The molecule has 0 spiro atoms. The second-order valence-electron chi connectivity index (χ2n) is 10.2. The zero-order valence-electron chi connectivity index (χ0n) is 22.4. The maximum Gasteiger partial charge on any atom is 0.408 e. The molecule has 9 nitrogen and oxygen atoms in total. The Morgan fingerprint density at radius 2 is 1.71 bits per heavy atom. The Labute approximate surface area is 209 Å². The number of ether oxygens (including phenoxy) is 1. The van der Waals surface area contributed by atoms with E-state index in [1.807, 2.05) is 52.8 Å². The SMILES string of the molecule is CCCCN(C(=O)C(CC(N)=O)NC(=O)OC(C)(C)C)C(C(=O)NC(C)C)c1cc(C)ccc1C. The van der Waals surface area contributed by atoms with E-state index in [1.165, 1.54) is 4.90 Å². The summed E-state index contributed by atoms with van der Waals surface area (Å²) >= 11 is 0. The van der Waals surface area contributed by atoms with Gasteiger partial charge >= 0.3 is 6.09 Å². The first kappa shape index (κ1) is 29.9. The molecule has 0 aromatic heterocycles. The van der Waals surface area contributed by atoms with E-state index in [1.54, 1.807) is 20.8 Å². The number of carbonyl (C=O) groups excluding carboxylic acids is 4. The third kappa shape index (κ3) is 9.96. The minimum Gasteiger partial charge on any atom is -0.444 e. The van der Waals surface area contributed by atoms with Gasteiger partial charge in [-0.1, -0.05) is 37.1 Å². The summed E-state index contributed by atoms with van der Waals surface area (Å²) in [4.78, 5) is 53.1. The lowest BCUT2D eigenvalue weighted by atomic mass is 9.95. The van der Waals surface area contributed by atoms with E-state index < -0.39 is 42.0 Å². The van der Waals surface area contributed by atoms with Crippen molar-refractivity contribution in [2.75, 3.05) is 6.54 Å². The maximum absolute atomic E-state index is 13.9. The van der Waals surface area contributed by atoms with Gasteiger partial charge in [0.25, 0.3) is 0 Å². The highest BCUT2D eigenvalue weighted by Gasteiger charge is 2.37. The normalized spacial score (nSPS) is 13.1. The van der Waals surface area contributed by atoms with E-state index in [2.05, 4.69) is 10.6 Å². The summed E-state index contributed by atoms with van der Waals surface area (Å²) in [6, 6.07) is 3.35. The Kier molecular flexibility index (Phi) is 11.2. The van der Waals surface area contributed by atoms with E-state index in [0.717, 1.165) is 17.5 Å². The predicted molar refractivity (Wildman–Crippen MR) is 136 cm³/mol. The van der Waals surface area contributed by atoms with Crippen LogP contribution in [0.3, 0.4) is 0 Å². The van der Waals surface area contributed by atoms with Crippen LogP contribution in [0.25, 0.3) is 0 Å². The zero-order valence-corrected chi connectivity index (χ0v) is 22.4. The molecule has 4 N–H and O–H groups in total. The summed E-state index contributed by atoms with van der Waals surface area (Å²) in [6.07, 6.45) is 0.126. The fourth-order valence-corrected chi connectivity index (χ4v) is 3.61. The minimum atomic E-state index is -1.28. The first-order valence-electron chi connectivity index (χ1n) is 12.1. The van der Waals surface area contributed by atoms with Crippen LogP contribution < -0.4 is 16.4 Å². The maximum atomic E-state index is 13.9. The molecule has 0 saturated carbocycles. The highest BCUT2D eigenvalue weighted by Crippen LogP contribution is 2.27. The van der Waals surface area contributed by atoms with Gasteiger partial charge in [-0.15, -0.1) is 0 Å². The number of nitrogens with zero attached hydrogens (tertiary/aromatic N) is 1. The van der Waals surface area contributed by atoms with Crippen molar-refractivity contribution >= 4 is 23.8 Å². The second kappa shape index (κ2) is 13.1. The molecule has 1 rings (SSSR count). The third-order valence-corrected chi connectivity index (χ3v) is 5.15. The molecule has 0 aliphatic heterocycles. The van der Waals surface area contributed by atoms with Gasteiger partial charge in [-0.25, -0.2) is 4.79 Å². The third-order valence-electron chi connectivity index (χ3n) is 5.15. The van der Waals surface area contributed by atoms with Crippen molar-refractivity contribution in [2.24, 2.45) is 5.73 Å². The van der Waals surface area contributed by atoms with Gasteiger partial charge in [0.15, 0.2) is 0 Å². The van der Waals surface area contributed by atoms with Crippen LogP contribution >= 0.6 is 0 Å². The van der Waals surface area contributed by atoms with Gasteiger partial charge in [-0.05, 0) is 66.0 Å². The van der Waals surface area contributed by atoms with Crippen LogP contribution in [0.2, 0.25) is 0 Å². The van der Waals surface area contributed by atoms with Gasteiger partial charge in [0.05, 0.1) is 6.42 Å². The topological polar surface area (TPSA) is 131 Å². The number of aryl methyl sites for hydroxylation is 2. The van der Waals surface area contributed by atoms with Crippen molar-refractivity contribution in [3.05, 3.63) is 34.9 Å². The molecule has 1 aromatic carbocycles.